The average molecular weight is 461 g/mol. The van der Waals surface area contributed by atoms with Crippen LogP contribution >= 0.6 is 0 Å². The summed E-state index contributed by atoms with van der Waals surface area (Å²) < 4.78 is 60.2. The lowest BCUT2D eigenvalue weighted by molar-refractivity contribution is -0.118. The second kappa shape index (κ2) is 9.35. The summed E-state index contributed by atoms with van der Waals surface area (Å²) >= 11 is 0. The third kappa shape index (κ3) is 5.61. The number of nitrogens with one attached hydrogen (secondary N) is 2. The fourth-order valence-corrected chi connectivity index (χ4v) is 4.03. The number of aryl methyl sites for hydroxylation is 3. The van der Waals surface area contributed by atoms with E-state index < -0.39 is 34.2 Å². The first-order valence-electron chi connectivity index (χ1n) is 9.63. The van der Waals surface area contributed by atoms with E-state index in [4.69, 9.17) is 4.74 Å². The van der Waals surface area contributed by atoms with Crippen LogP contribution in [-0.2, 0) is 14.8 Å². The summed E-state index contributed by atoms with van der Waals surface area (Å²) in [5.74, 6) is -1.88. The first-order valence-corrected chi connectivity index (χ1v) is 11.1. The van der Waals surface area contributed by atoms with E-state index in [1.165, 1.54) is 18.2 Å². The van der Waals surface area contributed by atoms with Gasteiger partial charge in [0.15, 0.2) is 6.61 Å². The molecule has 3 rings (SSSR count). The van der Waals surface area contributed by atoms with E-state index in [1.807, 2.05) is 19.9 Å². The second-order valence-corrected chi connectivity index (χ2v) is 8.98. The van der Waals surface area contributed by atoms with Gasteiger partial charge in [-0.3, -0.25) is 9.52 Å². The molecule has 0 saturated heterocycles. The molecule has 0 spiro atoms. The zero-order valence-electron chi connectivity index (χ0n) is 17.7. The van der Waals surface area contributed by atoms with Crippen LogP contribution < -0.4 is 14.8 Å². The zero-order valence-corrected chi connectivity index (χ0v) is 18.5. The van der Waals surface area contributed by atoms with Gasteiger partial charge < -0.3 is 10.1 Å². The Hall–Kier alpha value is -3.46. The Bertz CT molecular complexity index is 1280. The van der Waals surface area contributed by atoms with Gasteiger partial charge in [0.2, 0.25) is 0 Å². The molecule has 0 aliphatic rings. The smallest absolute Gasteiger partial charge is 0.262 e. The van der Waals surface area contributed by atoms with Crippen molar-refractivity contribution < 1.29 is 26.7 Å². The Labute approximate surface area is 185 Å². The number of sulfonamides is 1. The fourth-order valence-electron chi connectivity index (χ4n) is 2.89. The molecule has 1 amide bonds. The van der Waals surface area contributed by atoms with E-state index in [0.29, 0.717) is 11.3 Å². The molecule has 0 heterocycles. The number of hydrogen-bond donors (Lipinski definition) is 2. The third-order valence-corrected chi connectivity index (χ3v) is 6.16. The van der Waals surface area contributed by atoms with E-state index in [2.05, 4.69) is 10.0 Å². The molecule has 0 aliphatic carbocycles. The summed E-state index contributed by atoms with van der Waals surface area (Å²) in [4.78, 5) is 12.0. The summed E-state index contributed by atoms with van der Waals surface area (Å²) in [6, 6.07) is 12.2. The Kier molecular flexibility index (Phi) is 6.78. The number of rotatable bonds is 7. The lowest BCUT2D eigenvalue weighted by Crippen LogP contribution is -2.21. The minimum atomic E-state index is -3.83. The van der Waals surface area contributed by atoms with Gasteiger partial charge in [-0.15, -0.1) is 0 Å². The topological polar surface area (TPSA) is 84.5 Å². The van der Waals surface area contributed by atoms with Crippen LogP contribution in [0.3, 0.4) is 0 Å². The fraction of sp³-hybridized carbons (Fsp3) is 0.174. The van der Waals surface area contributed by atoms with Gasteiger partial charge in [-0.1, -0.05) is 6.07 Å². The molecule has 0 aliphatic heterocycles. The highest BCUT2D eigenvalue weighted by atomic mass is 32.2. The van der Waals surface area contributed by atoms with Crippen molar-refractivity contribution in [3.63, 3.8) is 0 Å². The largest absolute Gasteiger partial charge is 0.483 e. The van der Waals surface area contributed by atoms with Crippen LogP contribution in [0.2, 0.25) is 0 Å². The highest BCUT2D eigenvalue weighted by Gasteiger charge is 2.17. The number of carbonyl (C=O) groups excluding carboxylic acids is 1. The quantitative estimate of drug-likeness (QED) is 0.535. The van der Waals surface area contributed by atoms with Crippen LogP contribution in [0.5, 0.6) is 5.75 Å². The van der Waals surface area contributed by atoms with Crippen LogP contribution in [0.15, 0.2) is 59.5 Å². The van der Waals surface area contributed by atoms with Crippen LogP contribution in [0, 0.1) is 32.4 Å². The van der Waals surface area contributed by atoms with Crippen molar-refractivity contribution in [3.05, 3.63) is 82.9 Å². The average Bonchev–Trinajstić information content (AvgIpc) is 2.72. The number of halogens is 2. The van der Waals surface area contributed by atoms with Crippen molar-refractivity contribution >= 4 is 27.3 Å². The first-order chi connectivity index (χ1) is 15.0. The second-order valence-electron chi connectivity index (χ2n) is 7.29. The van der Waals surface area contributed by atoms with Gasteiger partial charge in [-0.25, -0.2) is 17.2 Å². The molecular weight excluding hydrogens is 438 g/mol. The van der Waals surface area contributed by atoms with Crippen molar-refractivity contribution in [3.8, 4) is 5.75 Å². The molecule has 3 aromatic rings. The van der Waals surface area contributed by atoms with E-state index in [0.717, 1.165) is 29.3 Å². The molecule has 32 heavy (non-hydrogen) atoms. The van der Waals surface area contributed by atoms with E-state index in [-0.39, 0.29) is 16.3 Å². The van der Waals surface area contributed by atoms with Gasteiger partial charge in [0.25, 0.3) is 15.9 Å². The van der Waals surface area contributed by atoms with Crippen LogP contribution in [0.1, 0.15) is 16.7 Å². The molecule has 6 nitrogen and oxygen atoms in total. The van der Waals surface area contributed by atoms with Gasteiger partial charge in [-0.05, 0) is 79.9 Å². The highest BCUT2D eigenvalue weighted by molar-refractivity contribution is 7.92. The predicted octanol–water partition coefficient (Wildman–Crippen LogP) is 4.71. The Morgan fingerprint density at radius 3 is 2.34 bits per heavy atom. The SMILES string of the molecule is Cc1ccc(NS(=O)(=O)c2ccc(OCC(=O)Nc3cc(F)ccc3F)c(C)c2)cc1C. The van der Waals surface area contributed by atoms with E-state index >= 15 is 0 Å². The first kappa shape index (κ1) is 23.2. The van der Waals surface area contributed by atoms with Gasteiger partial charge in [0, 0.05) is 11.8 Å². The van der Waals surface area contributed by atoms with Crippen molar-refractivity contribution in [2.24, 2.45) is 0 Å². The minimum Gasteiger partial charge on any atom is -0.483 e. The monoisotopic (exact) mass is 460 g/mol. The number of benzene rings is 3. The summed E-state index contributed by atoms with van der Waals surface area (Å²) in [5, 5.41) is 2.23. The third-order valence-electron chi connectivity index (χ3n) is 4.78. The van der Waals surface area contributed by atoms with Crippen molar-refractivity contribution in [1.29, 1.82) is 0 Å². The van der Waals surface area contributed by atoms with Crippen molar-refractivity contribution in [2.45, 2.75) is 25.7 Å². The molecule has 3 aromatic carbocycles. The Balaban J connectivity index is 1.67. The zero-order chi connectivity index (χ0) is 23.5. The lowest BCUT2D eigenvalue weighted by Gasteiger charge is -2.13. The van der Waals surface area contributed by atoms with Gasteiger partial charge in [0.05, 0.1) is 10.6 Å². The predicted molar refractivity (Wildman–Crippen MR) is 118 cm³/mol. The molecule has 9 heteroatoms. The summed E-state index contributed by atoms with van der Waals surface area (Å²) in [6.45, 7) is 4.99. The highest BCUT2D eigenvalue weighted by Crippen LogP contribution is 2.24. The van der Waals surface area contributed by atoms with Crippen molar-refractivity contribution in [1.82, 2.24) is 0 Å². The molecule has 0 bridgehead atoms. The number of amides is 1. The molecule has 0 unspecified atom stereocenters. The standard InChI is InChI=1S/C23H22F2N2O4S/c1-14-4-6-18(10-15(14)2)27-32(29,30)19-7-9-22(16(3)11-19)31-13-23(28)26-21-12-17(24)5-8-20(21)25/h4-12,27H,13H2,1-3H3,(H,26,28). The summed E-state index contributed by atoms with van der Waals surface area (Å²) in [7, 11) is -3.83. The van der Waals surface area contributed by atoms with E-state index in [1.54, 1.807) is 19.1 Å². The molecule has 0 fully saturated rings. The molecule has 0 radical (unpaired) electrons. The van der Waals surface area contributed by atoms with Gasteiger partial charge >= 0.3 is 0 Å². The Morgan fingerprint density at radius 1 is 0.906 bits per heavy atom. The van der Waals surface area contributed by atoms with E-state index in [9.17, 15) is 22.0 Å². The molecule has 0 aromatic heterocycles. The minimum absolute atomic E-state index is 0.0341. The van der Waals surface area contributed by atoms with Crippen molar-refractivity contribution in [2.75, 3.05) is 16.6 Å². The maximum atomic E-state index is 13.6. The van der Waals surface area contributed by atoms with Gasteiger partial charge in [-0.2, -0.15) is 0 Å². The lowest BCUT2D eigenvalue weighted by atomic mass is 10.1. The maximum absolute atomic E-state index is 13.6. The Morgan fingerprint density at radius 2 is 1.66 bits per heavy atom. The molecule has 0 saturated carbocycles. The molecule has 168 valence electrons. The molecule has 0 atom stereocenters. The molecular formula is C23H22F2N2O4S. The van der Waals surface area contributed by atoms with Crippen LogP contribution in [0.4, 0.5) is 20.2 Å². The van der Waals surface area contributed by atoms with Gasteiger partial charge in [0.1, 0.15) is 17.4 Å². The number of carbonyl (C=O) groups is 1. The maximum Gasteiger partial charge on any atom is 0.262 e. The number of anilines is 2. The van der Waals surface area contributed by atoms with Crippen LogP contribution in [0.25, 0.3) is 0 Å². The summed E-state index contributed by atoms with van der Waals surface area (Å²) in [5.41, 5.74) is 2.65. The number of ether oxygens (including phenoxy) is 1. The normalized spacial score (nSPS) is 11.2. The molecule has 2 N–H and O–H groups in total. The van der Waals surface area contributed by atoms with Crippen LogP contribution in [-0.4, -0.2) is 20.9 Å². The number of hydrogen-bond acceptors (Lipinski definition) is 4. The summed E-state index contributed by atoms with van der Waals surface area (Å²) in [6.07, 6.45) is 0.